The Kier molecular flexibility index (Phi) is 4.92. The molecule has 0 saturated heterocycles. The van der Waals surface area contributed by atoms with Crippen LogP contribution in [0.5, 0.6) is 0 Å². The molecule has 3 nitrogen and oxygen atoms in total. The molecule has 112 valence electrons. The lowest BCUT2D eigenvalue weighted by atomic mass is 9.81. The number of rotatable bonds is 2. The first-order valence-electron chi connectivity index (χ1n) is 7.23. The van der Waals surface area contributed by atoms with Crippen LogP contribution in [-0.2, 0) is 4.79 Å². The smallest absolute Gasteiger partial charge is 0.228 e. The monoisotopic (exact) mass is 304 g/mol. The van der Waals surface area contributed by atoms with E-state index in [1.807, 2.05) is 6.07 Å². The first-order valence-corrected chi connectivity index (χ1v) is 7.61. The Bertz CT molecular complexity index is 599. The van der Waals surface area contributed by atoms with Crippen molar-refractivity contribution in [3.05, 3.63) is 28.8 Å². The molecule has 1 aromatic rings. The number of anilines is 1. The molecule has 1 unspecified atom stereocenters. The van der Waals surface area contributed by atoms with Crippen molar-refractivity contribution < 1.29 is 4.79 Å². The van der Waals surface area contributed by atoms with Crippen molar-refractivity contribution in [3.8, 4) is 11.8 Å². The van der Waals surface area contributed by atoms with E-state index in [9.17, 15) is 4.79 Å². The summed E-state index contributed by atoms with van der Waals surface area (Å²) >= 11 is 6.16. The summed E-state index contributed by atoms with van der Waals surface area (Å²) in [5, 5.41) is 3.48. The van der Waals surface area contributed by atoms with Gasteiger partial charge < -0.3 is 11.1 Å². The predicted molar refractivity (Wildman–Crippen MR) is 87.1 cm³/mol. The first kappa shape index (κ1) is 15.9. The summed E-state index contributed by atoms with van der Waals surface area (Å²) in [4.78, 5) is 12.5. The average molecular weight is 305 g/mol. The molecule has 3 N–H and O–H groups in total. The molecule has 1 aliphatic rings. The van der Waals surface area contributed by atoms with Gasteiger partial charge in [0.15, 0.2) is 0 Å². The summed E-state index contributed by atoms with van der Waals surface area (Å²) in [7, 11) is 0. The van der Waals surface area contributed by atoms with Crippen molar-refractivity contribution in [3.63, 3.8) is 0 Å². The highest BCUT2D eigenvalue weighted by atomic mass is 35.5. The highest BCUT2D eigenvalue weighted by Crippen LogP contribution is 2.43. The first-order chi connectivity index (χ1) is 9.94. The number of amides is 1. The van der Waals surface area contributed by atoms with Gasteiger partial charge in [0.25, 0.3) is 0 Å². The van der Waals surface area contributed by atoms with Crippen LogP contribution in [0.25, 0.3) is 0 Å². The van der Waals surface area contributed by atoms with E-state index in [-0.39, 0.29) is 17.2 Å². The molecule has 0 radical (unpaired) electrons. The van der Waals surface area contributed by atoms with Crippen molar-refractivity contribution in [2.75, 3.05) is 11.9 Å². The molecule has 0 aliphatic heterocycles. The van der Waals surface area contributed by atoms with Crippen molar-refractivity contribution >= 4 is 23.2 Å². The molecule has 21 heavy (non-hydrogen) atoms. The lowest BCUT2D eigenvalue weighted by Gasteiger charge is -2.26. The maximum atomic E-state index is 12.5. The Morgan fingerprint density at radius 3 is 2.90 bits per heavy atom. The maximum Gasteiger partial charge on any atom is 0.228 e. The third-order valence-corrected chi connectivity index (χ3v) is 4.46. The Labute approximate surface area is 131 Å². The number of carbonyl (C=O) groups is 1. The van der Waals surface area contributed by atoms with Crippen LogP contribution in [0.15, 0.2) is 18.2 Å². The molecule has 0 heterocycles. The highest BCUT2D eigenvalue weighted by Gasteiger charge is 2.39. The number of nitrogens with one attached hydrogen (secondary N) is 1. The van der Waals surface area contributed by atoms with Crippen molar-refractivity contribution in [1.82, 2.24) is 0 Å². The fourth-order valence-electron chi connectivity index (χ4n) is 2.88. The zero-order valence-electron chi connectivity index (χ0n) is 12.5. The zero-order chi connectivity index (χ0) is 15.5. The molecule has 1 aliphatic carbocycles. The van der Waals surface area contributed by atoms with Gasteiger partial charge >= 0.3 is 0 Å². The Morgan fingerprint density at radius 2 is 2.29 bits per heavy atom. The summed E-state index contributed by atoms with van der Waals surface area (Å²) in [5.74, 6) is 5.82. The van der Waals surface area contributed by atoms with Crippen LogP contribution in [0.4, 0.5) is 5.69 Å². The largest absolute Gasteiger partial charge is 0.324 e. The molecule has 0 spiro atoms. The lowest BCUT2D eigenvalue weighted by Crippen LogP contribution is -2.30. The van der Waals surface area contributed by atoms with E-state index < -0.39 is 0 Å². The quantitative estimate of drug-likeness (QED) is 0.823. The summed E-state index contributed by atoms with van der Waals surface area (Å²) in [5.41, 5.74) is 6.83. The molecular weight excluding hydrogens is 284 g/mol. The zero-order valence-corrected chi connectivity index (χ0v) is 13.3. The van der Waals surface area contributed by atoms with E-state index in [0.29, 0.717) is 17.3 Å². The fraction of sp³-hybridized carbons (Fsp3) is 0.471. The van der Waals surface area contributed by atoms with E-state index in [0.717, 1.165) is 24.8 Å². The van der Waals surface area contributed by atoms with E-state index >= 15 is 0 Å². The van der Waals surface area contributed by atoms with E-state index in [1.165, 1.54) is 0 Å². The van der Waals surface area contributed by atoms with Crippen LogP contribution in [0.3, 0.4) is 0 Å². The Morgan fingerprint density at radius 1 is 1.52 bits per heavy atom. The molecule has 1 amide bonds. The van der Waals surface area contributed by atoms with Crippen LogP contribution < -0.4 is 11.1 Å². The van der Waals surface area contributed by atoms with E-state index in [2.05, 4.69) is 31.0 Å². The molecule has 1 fully saturated rings. The Hall–Kier alpha value is -1.50. The number of nitrogens with two attached hydrogens (primary N) is 1. The Balaban J connectivity index is 2.17. The minimum atomic E-state index is 0.0346. The van der Waals surface area contributed by atoms with Gasteiger partial charge in [-0.1, -0.05) is 43.7 Å². The van der Waals surface area contributed by atoms with E-state index in [1.54, 1.807) is 12.1 Å². The van der Waals surface area contributed by atoms with Gasteiger partial charge in [-0.15, -0.1) is 0 Å². The summed E-state index contributed by atoms with van der Waals surface area (Å²) in [6.45, 7) is 4.60. The van der Waals surface area contributed by atoms with Gasteiger partial charge in [-0.2, -0.15) is 0 Å². The summed E-state index contributed by atoms with van der Waals surface area (Å²) in [6, 6.07) is 5.36. The second-order valence-electron chi connectivity index (χ2n) is 6.12. The van der Waals surface area contributed by atoms with Crippen LogP contribution in [-0.4, -0.2) is 12.5 Å². The highest BCUT2D eigenvalue weighted by molar-refractivity contribution is 6.33. The van der Waals surface area contributed by atoms with Gasteiger partial charge in [-0.05, 0) is 36.5 Å². The molecule has 1 saturated carbocycles. The third kappa shape index (κ3) is 3.78. The van der Waals surface area contributed by atoms with E-state index in [4.69, 9.17) is 17.3 Å². The molecule has 0 bridgehead atoms. The predicted octanol–water partition coefficient (Wildman–Crippen LogP) is 3.42. The van der Waals surface area contributed by atoms with Crippen molar-refractivity contribution in [2.45, 2.75) is 33.1 Å². The van der Waals surface area contributed by atoms with Crippen LogP contribution in [0.1, 0.15) is 38.7 Å². The van der Waals surface area contributed by atoms with Crippen molar-refractivity contribution in [1.29, 1.82) is 0 Å². The topological polar surface area (TPSA) is 55.1 Å². The summed E-state index contributed by atoms with van der Waals surface area (Å²) < 4.78 is 0. The molecule has 1 atom stereocenters. The van der Waals surface area contributed by atoms with Gasteiger partial charge in [-0.3, -0.25) is 4.79 Å². The minimum absolute atomic E-state index is 0.0346. The van der Waals surface area contributed by atoms with Gasteiger partial charge in [0.05, 0.1) is 17.3 Å². The van der Waals surface area contributed by atoms with Crippen molar-refractivity contribution in [2.24, 2.45) is 17.1 Å². The van der Waals surface area contributed by atoms with Crippen LogP contribution in [0, 0.1) is 23.2 Å². The molecule has 0 aromatic heterocycles. The number of hydrogen-bond donors (Lipinski definition) is 2. The molecule has 4 heteroatoms. The maximum absolute atomic E-state index is 12.5. The number of carbonyl (C=O) groups excluding carboxylic acids is 1. The van der Waals surface area contributed by atoms with Gasteiger partial charge in [0.2, 0.25) is 5.91 Å². The number of hydrogen-bond acceptors (Lipinski definition) is 2. The van der Waals surface area contributed by atoms with Crippen LogP contribution in [0.2, 0.25) is 5.02 Å². The SMILES string of the molecule is CC1(C)CCCC1C(=O)Nc1cc(C#CCN)ccc1Cl. The second kappa shape index (κ2) is 6.51. The average Bonchev–Trinajstić information content (AvgIpc) is 2.79. The van der Waals surface area contributed by atoms with Gasteiger partial charge in [0.1, 0.15) is 0 Å². The fourth-order valence-corrected chi connectivity index (χ4v) is 3.05. The minimum Gasteiger partial charge on any atom is -0.324 e. The lowest BCUT2D eigenvalue weighted by molar-refractivity contribution is -0.122. The standard InChI is InChI=1S/C17H21ClN2O/c1-17(2)9-3-6-13(17)16(21)20-15-11-12(5-4-10-19)7-8-14(15)18/h7-8,11,13H,3,6,9-10,19H2,1-2H3,(H,20,21). The summed E-state index contributed by atoms with van der Waals surface area (Å²) in [6.07, 6.45) is 3.12. The normalized spacial score (nSPS) is 19.7. The molecule has 2 rings (SSSR count). The molecule has 1 aromatic carbocycles. The van der Waals surface area contributed by atoms with Gasteiger partial charge in [-0.25, -0.2) is 0 Å². The number of benzene rings is 1. The van der Waals surface area contributed by atoms with Gasteiger partial charge in [0, 0.05) is 11.5 Å². The third-order valence-electron chi connectivity index (χ3n) is 4.13. The number of halogens is 1. The second-order valence-corrected chi connectivity index (χ2v) is 6.53. The van der Waals surface area contributed by atoms with Crippen LogP contribution >= 0.6 is 11.6 Å². The molecular formula is C17H21ClN2O.